The van der Waals surface area contributed by atoms with Gasteiger partial charge in [0.2, 0.25) is 5.91 Å². The van der Waals surface area contributed by atoms with Crippen LogP contribution < -0.4 is 5.32 Å². The number of amides is 1. The second-order valence-corrected chi connectivity index (χ2v) is 5.22. The Morgan fingerprint density at radius 3 is 2.81 bits per heavy atom. The predicted molar refractivity (Wildman–Crippen MR) is 60.1 cm³/mol. The molecule has 1 rings (SSSR count). The predicted octanol–water partition coefficient (Wildman–Crippen LogP) is 0.308. The number of hydrogen-bond acceptors (Lipinski definition) is 3. The van der Waals surface area contributed by atoms with Crippen LogP contribution in [0.1, 0.15) is 26.7 Å². The molecule has 1 fully saturated rings. The highest BCUT2D eigenvalue weighted by molar-refractivity contribution is 5.82. The molecule has 1 aliphatic heterocycles. The second kappa shape index (κ2) is 4.82. The van der Waals surface area contributed by atoms with Crippen LogP contribution in [-0.2, 0) is 9.59 Å². The monoisotopic (exact) mass is 228 g/mol. The molecular weight excluding hydrogens is 208 g/mol. The standard InChI is InChI=1S/C11H20N2O3/c1-11(2)6-12-8(4-5-9(14)15)10(16)13(3)7-11/h8,12H,4-7H2,1-3H3,(H,14,15). The Balaban J connectivity index is 2.64. The minimum atomic E-state index is -0.860. The molecule has 1 atom stereocenters. The van der Waals surface area contributed by atoms with Crippen LogP contribution in [0.3, 0.4) is 0 Å². The quantitative estimate of drug-likeness (QED) is 0.729. The summed E-state index contributed by atoms with van der Waals surface area (Å²) in [5, 5.41) is 11.8. The summed E-state index contributed by atoms with van der Waals surface area (Å²) >= 11 is 0. The van der Waals surface area contributed by atoms with Crippen molar-refractivity contribution in [3.63, 3.8) is 0 Å². The molecule has 1 saturated heterocycles. The summed E-state index contributed by atoms with van der Waals surface area (Å²) in [6.45, 7) is 5.60. The lowest BCUT2D eigenvalue weighted by Gasteiger charge is -2.26. The van der Waals surface area contributed by atoms with Crippen LogP contribution in [0.2, 0.25) is 0 Å². The van der Waals surface area contributed by atoms with Gasteiger partial charge in [-0.25, -0.2) is 0 Å². The molecule has 2 N–H and O–H groups in total. The van der Waals surface area contributed by atoms with Crippen molar-refractivity contribution in [2.75, 3.05) is 20.1 Å². The zero-order chi connectivity index (χ0) is 12.3. The first-order chi connectivity index (χ1) is 7.32. The smallest absolute Gasteiger partial charge is 0.303 e. The number of carboxylic acids is 1. The number of rotatable bonds is 3. The van der Waals surface area contributed by atoms with Crippen molar-refractivity contribution in [2.45, 2.75) is 32.7 Å². The van der Waals surface area contributed by atoms with Crippen molar-refractivity contribution in [3.05, 3.63) is 0 Å². The first-order valence-electron chi connectivity index (χ1n) is 5.52. The molecular formula is C11H20N2O3. The number of hydrogen-bond donors (Lipinski definition) is 2. The molecule has 5 nitrogen and oxygen atoms in total. The topological polar surface area (TPSA) is 69.6 Å². The Kier molecular flexibility index (Phi) is 3.91. The SMILES string of the molecule is CN1CC(C)(C)CNC(CCC(=O)O)C1=O. The van der Waals surface area contributed by atoms with Gasteiger partial charge < -0.3 is 15.3 Å². The van der Waals surface area contributed by atoms with Crippen LogP contribution in [0.5, 0.6) is 0 Å². The maximum Gasteiger partial charge on any atom is 0.303 e. The number of carbonyl (C=O) groups excluding carboxylic acids is 1. The average Bonchev–Trinajstić information content (AvgIpc) is 2.23. The summed E-state index contributed by atoms with van der Waals surface area (Å²) in [5.41, 5.74) is 0.0301. The van der Waals surface area contributed by atoms with Crippen LogP contribution in [0, 0.1) is 5.41 Å². The van der Waals surface area contributed by atoms with E-state index in [9.17, 15) is 9.59 Å². The summed E-state index contributed by atoms with van der Waals surface area (Å²) in [6.07, 6.45) is 0.381. The molecule has 1 amide bonds. The molecule has 1 aliphatic rings. The van der Waals surface area contributed by atoms with Crippen LogP contribution in [0.15, 0.2) is 0 Å². The highest BCUT2D eigenvalue weighted by Gasteiger charge is 2.32. The Hall–Kier alpha value is -1.10. The van der Waals surface area contributed by atoms with E-state index in [1.54, 1.807) is 11.9 Å². The van der Waals surface area contributed by atoms with Crippen LogP contribution >= 0.6 is 0 Å². The normalized spacial score (nSPS) is 25.3. The van der Waals surface area contributed by atoms with E-state index in [0.29, 0.717) is 13.0 Å². The van der Waals surface area contributed by atoms with E-state index in [1.165, 1.54) is 0 Å². The Labute approximate surface area is 95.8 Å². The molecule has 92 valence electrons. The van der Waals surface area contributed by atoms with E-state index in [-0.39, 0.29) is 23.8 Å². The molecule has 0 aromatic rings. The summed E-state index contributed by atoms with van der Waals surface area (Å²) in [7, 11) is 1.77. The minimum Gasteiger partial charge on any atom is -0.481 e. The van der Waals surface area contributed by atoms with E-state index in [0.717, 1.165) is 6.54 Å². The number of carboxylic acid groups (broad SMARTS) is 1. The van der Waals surface area contributed by atoms with Gasteiger partial charge in [-0.2, -0.15) is 0 Å². The van der Waals surface area contributed by atoms with Crippen molar-refractivity contribution in [2.24, 2.45) is 5.41 Å². The third-order valence-electron chi connectivity index (χ3n) is 2.81. The molecule has 0 radical (unpaired) electrons. The number of aliphatic carboxylic acids is 1. The van der Waals surface area contributed by atoms with Crippen molar-refractivity contribution >= 4 is 11.9 Å². The van der Waals surface area contributed by atoms with Crippen molar-refractivity contribution < 1.29 is 14.7 Å². The van der Waals surface area contributed by atoms with E-state index >= 15 is 0 Å². The van der Waals surface area contributed by atoms with E-state index in [2.05, 4.69) is 19.2 Å². The first kappa shape index (κ1) is 13.0. The average molecular weight is 228 g/mol. The van der Waals surface area contributed by atoms with Gasteiger partial charge in [0.15, 0.2) is 0 Å². The highest BCUT2D eigenvalue weighted by atomic mass is 16.4. The lowest BCUT2D eigenvalue weighted by molar-refractivity contribution is -0.137. The van der Waals surface area contributed by atoms with Gasteiger partial charge in [-0.3, -0.25) is 9.59 Å². The number of carbonyl (C=O) groups is 2. The van der Waals surface area contributed by atoms with E-state index < -0.39 is 5.97 Å². The zero-order valence-electron chi connectivity index (χ0n) is 10.1. The molecule has 16 heavy (non-hydrogen) atoms. The number of nitrogens with one attached hydrogen (secondary N) is 1. The molecule has 1 unspecified atom stereocenters. The van der Waals surface area contributed by atoms with Gasteiger partial charge in [0.25, 0.3) is 0 Å². The van der Waals surface area contributed by atoms with Gasteiger partial charge in [-0.05, 0) is 11.8 Å². The van der Waals surface area contributed by atoms with Crippen molar-refractivity contribution in [1.82, 2.24) is 10.2 Å². The first-order valence-corrected chi connectivity index (χ1v) is 5.52. The van der Waals surface area contributed by atoms with Gasteiger partial charge >= 0.3 is 5.97 Å². The Morgan fingerprint density at radius 2 is 2.25 bits per heavy atom. The molecule has 0 aromatic carbocycles. The lowest BCUT2D eigenvalue weighted by Crippen LogP contribution is -2.42. The lowest BCUT2D eigenvalue weighted by atomic mass is 9.93. The summed E-state index contributed by atoms with van der Waals surface area (Å²) < 4.78 is 0. The largest absolute Gasteiger partial charge is 0.481 e. The van der Waals surface area contributed by atoms with Crippen molar-refractivity contribution in [1.29, 1.82) is 0 Å². The Morgan fingerprint density at radius 1 is 1.62 bits per heavy atom. The maximum atomic E-state index is 11.9. The van der Waals surface area contributed by atoms with Crippen molar-refractivity contribution in [3.8, 4) is 0 Å². The molecule has 1 heterocycles. The fraction of sp³-hybridized carbons (Fsp3) is 0.818. The van der Waals surface area contributed by atoms with E-state index in [4.69, 9.17) is 5.11 Å². The molecule has 0 saturated carbocycles. The van der Waals surface area contributed by atoms with Crippen LogP contribution in [0.25, 0.3) is 0 Å². The summed E-state index contributed by atoms with van der Waals surface area (Å²) in [5.74, 6) is -0.868. The minimum absolute atomic E-state index is 0.00757. The highest BCUT2D eigenvalue weighted by Crippen LogP contribution is 2.19. The van der Waals surface area contributed by atoms with Gasteiger partial charge in [0, 0.05) is 26.6 Å². The van der Waals surface area contributed by atoms with Gasteiger partial charge in [0.05, 0.1) is 6.04 Å². The Bertz CT molecular complexity index is 289. The van der Waals surface area contributed by atoms with Gasteiger partial charge in [0.1, 0.15) is 0 Å². The molecule has 0 spiro atoms. The third-order valence-corrected chi connectivity index (χ3v) is 2.81. The molecule has 0 aliphatic carbocycles. The van der Waals surface area contributed by atoms with E-state index in [1.807, 2.05) is 0 Å². The molecule has 0 bridgehead atoms. The molecule has 0 aromatic heterocycles. The fourth-order valence-corrected chi connectivity index (χ4v) is 2.02. The third kappa shape index (κ3) is 3.48. The fourth-order valence-electron chi connectivity index (χ4n) is 2.02. The zero-order valence-corrected chi connectivity index (χ0v) is 10.1. The van der Waals surface area contributed by atoms with Crippen LogP contribution in [0.4, 0.5) is 0 Å². The molecule has 5 heteroatoms. The summed E-state index contributed by atoms with van der Waals surface area (Å²) in [4.78, 5) is 24.1. The summed E-state index contributed by atoms with van der Waals surface area (Å²) in [6, 6.07) is -0.358. The number of nitrogens with zero attached hydrogens (tertiary/aromatic N) is 1. The number of likely N-dealkylation sites (N-methyl/N-ethyl adjacent to an activating group) is 1. The van der Waals surface area contributed by atoms with Gasteiger partial charge in [-0.15, -0.1) is 0 Å². The van der Waals surface area contributed by atoms with Gasteiger partial charge in [-0.1, -0.05) is 13.8 Å². The van der Waals surface area contributed by atoms with Crippen LogP contribution in [-0.4, -0.2) is 48.1 Å². The maximum absolute atomic E-state index is 11.9. The second-order valence-electron chi connectivity index (χ2n) is 5.22.